The summed E-state index contributed by atoms with van der Waals surface area (Å²) in [6, 6.07) is 18.0. The standard InChI is InChI=1S/C20H17N3O5/c1-2-17(24)25-13-14-26-18-21-19(27-15-9-5-3-6-10-15)23-20(22-18)28-16-11-7-4-8-12-16/h2-12H,1,13-14H2. The van der Waals surface area contributed by atoms with Crippen molar-refractivity contribution in [2.45, 2.75) is 0 Å². The van der Waals surface area contributed by atoms with Crippen LogP contribution in [0.15, 0.2) is 73.3 Å². The van der Waals surface area contributed by atoms with Crippen LogP contribution in [0.3, 0.4) is 0 Å². The van der Waals surface area contributed by atoms with Crippen molar-refractivity contribution in [3.8, 4) is 29.5 Å². The van der Waals surface area contributed by atoms with Gasteiger partial charge in [0.25, 0.3) is 0 Å². The van der Waals surface area contributed by atoms with E-state index in [0.717, 1.165) is 6.08 Å². The van der Waals surface area contributed by atoms with Crippen molar-refractivity contribution < 1.29 is 23.7 Å². The molecule has 3 aromatic rings. The molecule has 3 rings (SSSR count). The fraction of sp³-hybridized carbons (Fsp3) is 0.100. The molecule has 0 saturated carbocycles. The average Bonchev–Trinajstić information content (AvgIpc) is 2.72. The molecule has 0 amide bonds. The van der Waals surface area contributed by atoms with Gasteiger partial charge in [-0.3, -0.25) is 0 Å². The quantitative estimate of drug-likeness (QED) is 0.316. The Morgan fingerprint density at radius 3 is 1.79 bits per heavy atom. The van der Waals surface area contributed by atoms with Gasteiger partial charge >= 0.3 is 24.0 Å². The molecule has 0 unspecified atom stereocenters. The van der Waals surface area contributed by atoms with E-state index in [4.69, 9.17) is 18.9 Å². The smallest absolute Gasteiger partial charge is 0.331 e. The van der Waals surface area contributed by atoms with E-state index in [2.05, 4.69) is 21.5 Å². The monoisotopic (exact) mass is 379 g/mol. The highest BCUT2D eigenvalue weighted by Gasteiger charge is 2.12. The molecule has 142 valence electrons. The second-order valence-corrected chi connectivity index (χ2v) is 5.23. The highest BCUT2D eigenvalue weighted by Crippen LogP contribution is 2.24. The Bertz CT molecular complexity index is 860. The molecule has 0 radical (unpaired) electrons. The van der Waals surface area contributed by atoms with Gasteiger partial charge in [0.2, 0.25) is 0 Å². The minimum atomic E-state index is -0.541. The van der Waals surface area contributed by atoms with Crippen LogP contribution in [0.25, 0.3) is 0 Å². The Morgan fingerprint density at radius 2 is 1.29 bits per heavy atom. The number of nitrogens with zero attached hydrogens (tertiary/aromatic N) is 3. The van der Waals surface area contributed by atoms with Crippen molar-refractivity contribution in [3.05, 3.63) is 73.3 Å². The Balaban J connectivity index is 1.75. The zero-order valence-electron chi connectivity index (χ0n) is 14.9. The lowest BCUT2D eigenvalue weighted by molar-refractivity contribution is -0.138. The molecule has 1 aromatic heterocycles. The first kappa shape index (κ1) is 18.8. The van der Waals surface area contributed by atoms with Crippen molar-refractivity contribution >= 4 is 5.97 Å². The number of ether oxygens (including phenoxy) is 4. The lowest BCUT2D eigenvalue weighted by Gasteiger charge is -2.09. The van der Waals surface area contributed by atoms with Crippen LogP contribution < -0.4 is 14.2 Å². The number of hydrogen-bond acceptors (Lipinski definition) is 8. The van der Waals surface area contributed by atoms with Gasteiger partial charge in [-0.1, -0.05) is 43.0 Å². The van der Waals surface area contributed by atoms with Crippen LogP contribution in [0.1, 0.15) is 0 Å². The van der Waals surface area contributed by atoms with Crippen LogP contribution in [0, 0.1) is 0 Å². The van der Waals surface area contributed by atoms with Gasteiger partial charge in [-0.05, 0) is 24.3 Å². The third-order valence-corrected chi connectivity index (χ3v) is 3.20. The normalized spacial score (nSPS) is 10.0. The zero-order chi connectivity index (χ0) is 19.6. The number of hydrogen-bond donors (Lipinski definition) is 0. The fourth-order valence-corrected chi connectivity index (χ4v) is 2.00. The van der Waals surface area contributed by atoms with E-state index in [1.807, 2.05) is 36.4 Å². The van der Waals surface area contributed by atoms with Gasteiger partial charge in [-0.15, -0.1) is 15.0 Å². The zero-order valence-corrected chi connectivity index (χ0v) is 14.9. The Labute approximate surface area is 161 Å². The lowest BCUT2D eigenvalue weighted by Crippen LogP contribution is -2.12. The maximum absolute atomic E-state index is 11.1. The molecular weight excluding hydrogens is 362 g/mol. The summed E-state index contributed by atoms with van der Waals surface area (Å²) in [4.78, 5) is 23.4. The van der Waals surface area contributed by atoms with Crippen LogP contribution in [-0.2, 0) is 9.53 Å². The van der Waals surface area contributed by atoms with Gasteiger partial charge in [0.1, 0.15) is 24.7 Å². The molecule has 0 bridgehead atoms. The van der Waals surface area contributed by atoms with E-state index in [1.54, 1.807) is 24.3 Å². The Kier molecular flexibility index (Phi) is 6.51. The number of benzene rings is 2. The third-order valence-electron chi connectivity index (χ3n) is 3.20. The average molecular weight is 379 g/mol. The number of para-hydroxylation sites is 2. The van der Waals surface area contributed by atoms with E-state index in [1.165, 1.54) is 0 Å². The molecule has 0 aliphatic carbocycles. The Morgan fingerprint density at radius 1 is 0.786 bits per heavy atom. The fourth-order valence-electron chi connectivity index (χ4n) is 2.00. The van der Waals surface area contributed by atoms with Crippen LogP contribution in [0.4, 0.5) is 0 Å². The van der Waals surface area contributed by atoms with E-state index >= 15 is 0 Å². The molecule has 0 spiro atoms. The summed E-state index contributed by atoms with van der Waals surface area (Å²) in [5, 5.41) is 0. The summed E-state index contributed by atoms with van der Waals surface area (Å²) in [6.07, 6.45) is 1.07. The van der Waals surface area contributed by atoms with Crippen molar-refractivity contribution in [2.24, 2.45) is 0 Å². The number of esters is 1. The second-order valence-electron chi connectivity index (χ2n) is 5.23. The maximum Gasteiger partial charge on any atom is 0.331 e. The van der Waals surface area contributed by atoms with Crippen molar-refractivity contribution in [2.75, 3.05) is 13.2 Å². The highest BCUT2D eigenvalue weighted by molar-refractivity contribution is 5.81. The molecular formula is C20H17N3O5. The van der Waals surface area contributed by atoms with Gasteiger partial charge in [0, 0.05) is 6.08 Å². The second kappa shape index (κ2) is 9.67. The van der Waals surface area contributed by atoms with Gasteiger partial charge in [-0.25, -0.2) is 4.79 Å². The van der Waals surface area contributed by atoms with Crippen molar-refractivity contribution in [3.63, 3.8) is 0 Å². The van der Waals surface area contributed by atoms with Crippen molar-refractivity contribution in [1.82, 2.24) is 15.0 Å². The minimum Gasteiger partial charge on any atom is -0.460 e. The third kappa shape index (κ3) is 5.80. The predicted octanol–water partition coefficient (Wildman–Crippen LogP) is 3.56. The number of carbonyl (C=O) groups is 1. The number of carbonyl (C=O) groups excluding carboxylic acids is 1. The van der Waals surface area contributed by atoms with Gasteiger partial charge < -0.3 is 18.9 Å². The van der Waals surface area contributed by atoms with Gasteiger partial charge in [0.15, 0.2) is 0 Å². The van der Waals surface area contributed by atoms with Crippen molar-refractivity contribution in [1.29, 1.82) is 0 Å². The molecule has 0 N–H and O–H groups in total. The molecule has 8 nitrogen and oxygen atoms in total. The molecule has 0 saturated heterocycles. The lowest BCUT2D eigenvalue weighted by atomic mass is 10.3. The first-order valence-electron chi connectivity index (χ1n) is 8.37. The van der Waals surface area contributed by atoms with Crippen LogP contribution in [-0.4, -0.2) is 34.1 Å². The molecule has 8 heteroatoms. The molecule has 28 heavy (non-hydrogen) atoms. The summed E-state index contributed by atoms with van der Waals surface area (Å²) >= 11 is 0. The predicted molar refractivity (Wildman–Crippen MR) is 99.5 cm³/mol. The van der Waals surface area contributed by atoms with Crippen LogP contribution in [0.2, 0.25) is 0 Å². The van der Waals surface area contributed by atoms with Gasteiger partial charge in [-0.2, -0.15) is 0 Å². The van der Waals surface area contributed by atoms with Crippen LogP contribution >= 0.6 is 0 Å². The first-order valence-corrected chi connectivity index (χ1v) is 8.37. The SMILES string of the molecule is C=CC(=O)OCCOc1nc(Oc2ccccc2)nc(Oc2ccccc2)n1. The Hall–Kier alpha value is -3.94. The summed E-state index contributed by atoms with van der Waals surface area (Å²) in [5.74, 6) is 0.552. The van der Waals surface area contributed by atoms with Crippen LogP contribution in [0.5, 0.6) is 29.5 Å². The summed E-state index contributed by atoms with van der Waals surface area (Å²) in [7, 11) is 0. The van der Waals surface area contributed by atoms with E-state index in [-0.39, 0.29) is 31.2 Å². The number of rotatable bonds is 9. The molecule has 0 fully saturated rings. The van der Waals surface area contributed by atoms with E-state index < -0.39 is 5.97 Å². The summed E-state index contributed by atoms with van der Waals surface area (Å²) < 4.78 is 21.5. The molecule has 2 aromatic carbocycles. The summed E-state index contributed by atoms with van der Waals surface area (Å²) in [6.45, 7) is 3.37. The highest BCUT2D eigenvalue weighted by atomic mass is 16.6. The molecule has 1 heterocycles. The topological polar surface area (TPSA) is 92.7 Å². The largest absolute Gasteiger partial charge is 0.460 e. The molecule has 0 aliphatic rings. The van der Waals surface area contributed by atoms with Gasteiger partial charge in [0.05, 0.1) is 0 Å². The van der Waals surface area contributed by atoms with E-state index in [0.29, 0.717) is 11.5 Å². The maximum atomic E-state index is 11.1. The first-order chi connectivity index (χ1) is 13.7. The minimum absolute atomic E-state index is 0.00483. The van der Waals surface area contributed by atoms with E-state index in [9.17, 15) is 4.79 Å². The molecule has 0 atom stereocenters. The number of aromatic nitrogens is 3. The summed E-state index contributed by atoms with van der Waals surface area (Å²) in [5.41, 5.74) is 0. The molecule has 0 aliphatic heterocycles.